The largest absolute Gasteiger partial charge is 0.481 e. The lowest BCUT2D eigenvalue weighted by Crippen LogP contribution is -1.96. The van der Waals surface area contributed by atoms with Gasteiger partial charge in [-0.1, -0.05) is 15.9 Å². The van der Waals surface area contributed by atoms with Gasteiger partial charge in [-0.05, 0) is 18.2 Å². The van der Waals surface area contributed by atoms with Gasteiger partial charge >= 0.3 is 5.97 Å². The first-order valence-corrected chi connectivity index (χ1v) is 5.95. The molecule has 1 rings (SSSR count). The van der Waals surface area contributed by atoms with Crippen LogP contribution >= 0.6 is 27.7 Å². The maximum absolute atomic E-state index is 10.3. The van der Waals surface area contributed by atoms with E-state index in [1.807, 2.05) is 6.07 Å². The molecule has 1 aromatic rings. The minimum atomic E-state index is -0.823. The summed E-state index contributed by atoms with van der Waals surface area (Å²) < 4.78 is 0.888. The van der Waals surface area contributed by atoms with Crippen LogP contribution in [0.5, 0.6) is 0 Å². The second-order valence-corrected chi connectivity index (χ2v) is 4.80. The Kier molecular flexibility index (Phi) is 4.66. The van der Waals surface area contributed by atoms with Crippen LogP contribution in [-0.4, -0.2) is 16.8 Å². The average Bonchev–Trinajstić information content (AvgIpc) is 2.17. The minimum Gasteiger partial charge on any atom is -0.481 e. The fourth-order valence-electron chi connectivity index (χ4n) is 0.956. The number of nitriles is 1. The molecule has 0 aliphatic carbocycles. The Balaban J connectivity index is 2.71. The molecule has 15 heavy (non-hydrogen) atoms. The third-order valence-electron chi connectivity index (χ3n) is 1.64. The number of nitrogens with zero attached hydrogens (tertiary/aromatic N) is 1. The van der Waals surface area contributed by atoms with Gasteiger partial charge in [0.25, 0.3) is 0 Å². The van der Waals surface area contributed by atoms with Crippen LogP contribution in [-0.2, 0) is 4.79 Å². The summed E-state index contributed by atoms with van der Waals surface area (Å²) in [5.74, 6) is -0.350. The Morgan fingerprint density at radius 2 is 2.33 bits per heavy atom. The van der Waals surface area contributed by atoms with E-state index < -0.39 is 5.97 Å². The zero-order valence-electron chi connectivity index (χ0n) is 7.74. The van der Waals surface area contributed by atoms with E-state index in [2.05, 4.69) is 22.0 Å². The zero-order valence-corrected chi connectivity index (χ0v) is 10.1. The second kappa shape index (κ2) is 5.79. The Labute approximate surface area is 100 Å². The summed E-state index contributed by atoms with van der Waals surface area (Å²) in [7, 11) is 0. The summed E-state index contributed by atoms with van der Waals surface area (Å²) in [6, 6.07) is 7.40. The molecule has 0 spiro atoms. The maximum Gasteiger partial charge on any atom is 0.304 e. The van der Waals surface area contributed by atoms with Crippen molar-refractivity contribution in [2.24, 2.45) is 0 Å². The van der Waals surface area contributed by atoms with Gasteiger partial charge in [-0.15, -0.1) is 11.8 Å². The molecule has 78 valence electrons. The predicted molar refractivity (Wildman–Crippen MR) is 61.8 cm³/mol. The summed E-state index contributed by atoms with van der Waals surface area (Å²) >= 11 is 4.69. The van der Waals surface area contributed by atoms with E-state index in [0.29, 0.717) is 11.3 Å². The minimum absolute atomic E-state index is 0.0993. The monoisotopic (exact) mass is 285 g/mol. The van der Waals surface area contributed by atoms with E-state index in [9.17, 15) is 4.79 Å². The molecule has 0 fully saturated rings. The van der Waals surface area contributed by atoms with Crippen molar-refractivity contribution in [3.05, 3.63) is 28.2 Å². The van der Waals surface area contributed by atoms with Crippen molar-refractivity contribution in [3.8, 4) is 6.07 Å². The summed E-state index contributed by atoms with van der Waals surface area (Å²) in [5.41, 5.74) is 0.577. The lowest BCUT2D eigenvalue weighted by molar-refractivity contribution is -0.136. The quantitative estimate of drug-likeness (QED) is 0.864. The number of aliphatic carboxylic acids is 1. The van der Waals surface area contributed by atoms with Crippen LogP contribution in [0.3, 0.4) is 0 Å². The second-order valence-electron chi connectivity index (χ2n) is 2.74. The highest BCUT2D eigenvalue weighted by molar-refractivity contribution is 9.10. The van der Waals surface area contributed by atoms with E-state index >= 15 is 0 Å². The van der Waals surface area contributed by atoms with Crippen LogP contribution in [0.15, 0.2) is 27.6 Å². The van der Waals surface area contributed by atoms with Crippen molar-refractivity contribution in [2.75, 3.05) is 5.75 Å². The first-order valence-electron chi connectivity index (χ1n) is 4.17. The smallest absolute Gasteiger partial charge is 0.304 e. The van der Waals surface area contributed by atoms with E-state index in [1.165, 1.54) is 11.8 Å². The summed E-state index contributed by atoms with van der Waals surface area (Å²) in [6.45, 7) is 0. The van der Waals surface area contributed by atoms with Gasteiger partial charge < -0.3 is 5.11 Å². The molecule has 0 aromatic heterocycles. The Bertz CT molecular complexity index is 414. The molecule has 0 atom stereocenters. The zero-order chi connectivity index (χ0) is 11.3. The van der Waals surface area contributed by atoms with Crippen LogP contribution in [0.25, 0.3) is 0 Å². The van der Waals surface area contributed by atoms with Gasteiger partial charge in [0.15, 0.2) is 0 Å². The number of hydrogen-bond donors (Lipinski definition) is 1. The van der Waals surface area contributed by atoms with Gasteiger partial charge in [-0.3, -0.25) is 4.79 Å². The fourth-order valence-corrected chi connectivity index (χ4v) is 2.44. The molecule has 0 bridgehead atoms. The van der Waals surface area contributed by atoms with Crippen LogP contribution in [0.4, 0.5) is 0 Å². The molecular formula is C10H8BrNO2S. The third kappa shape index (κ3) is 3.94. The highest BCUT2D eigenvalue weighted by atomic mass is 79.9. The highest BCUT2D eigenvalue weighted by Gasteiger charge is 2.04. The molecule has 5 heteroatoms. The molecule has 0 radical (unpaired) electrons. The first kappa shape index (κ1) is 12.1. The fraction of sp³-hybridized carbons (Fsp3) is 0.200. The Hall–Kier alpha value is -0.990. The van der Waals surface area contributed by atoms with Crippen LogP contribution in [0.1, 0.15) is 12.0 Å². The van der Waals surface area contributed by atoms with Gasteiger partial charge in [-0.2, -0.15) is 5.26 Å². The lowest BCUT2D eigenvalue weighted by atomic mass is 10.2. The molecule has 0 aliphatic heterocycles. The molecule has 1 N–H and O–H groups in total. The van der Waals surface area contributed by atoms with Crippen molar-refractivity contribution in [2.45, 2.75) is 11.3 Å². The molecule has 0 aliphatic rings. The Morgan fingerprint density at radius 1 is 1.60 bits per heavy atom. The topological polar surface area (TPSA) is 61.1 Å². The summed E-state index contributed by atoms with van der Waals surface area (Å²) in [4.78, 5) is 11.1. The molecule has 0 amide bonds. The molecule has 3 nitrogen and oxygen atoms in total. The normalized spacial score (nSPS) is 9.60. The van der Waals surface area contributed by atoms with Gasteiger partial charge in [-0.25, -0.2) is 0 Å². The van der Waals surface area contributed by atoms with Crippen molar-refractivity contribution >= 4 is 33.7 Å². The number of carbonyl (C=O) groups is 1. The van der Waals surface area contributed by atoms with Gasteiger partial charge in [0.05, 0.1) is 12.0 Å². The molecule has 0 saturated heterocycles. The third-order valence-corrected chi connectivity index (χ3v) is 3.19. The number of benzene rings is 1. The van der Waals surface area contributed by atoms with Gasteiger partial charge in [0, 0.05) is 15.1 Å². The summed E-state index contributed by atoms with van der Waals surface area (Å²) in [6.07, 6.45) is 0.0993. The van der Waals surface area contributed by atoms with Crippen LogP contribution < -0.4 is 0 Å². The van der Waals surface area contributed by atoms with Crippen molar-refractivity contribution in [1.82, 2.24) is 0 Å². The maximum atomic E-state index is 10.3. The number of carboxylic acid groups (broad SMARTS) is 1. The number of hydrogen-bond acceptors (Lipinski definition) is 3. The molecule has 0 saturated carbocycles. The van der Waals surface area contributed by atoms with Gasteiger partial charge in [0.2, 0.25) is 0 Å². The number of thioether (sulfide) groups is 1. The van der Waals surface area contributed by atoms with E-state index in [4.69, 9.17) is 10.4 Å². The van der Waals surface area contributed by atoms with Crippen molar-refractivity contribution in [3.63, 3.8) is 0 Å². The van der Waals surface area contributed by atoms with Crippen molar-refractivity contribution < 1.29 is 9.90 Å². The van der Waals surface area contributed by atoms with Crippen LogP contribution in [0, 0.1) is 11.3 Å². The highest BCUT2D eigenvalue weighted by Crippen LogP contribution is 2.26. The lowest BCUT2D eigenvalue weighted by Gasteiger charge is -2.02. The van der Waals surface area contributed by atoms with Gasteiger partial charge in [0.1, 0.15) is 6.07 Å². The van der Waals surface area contributed by atoms with Crippen molar-refractivity contribution in [1.29, 1.82) is 5.26 Å². The Morgan fingerprint density at radius 3 is 2.93 bits per heavy atom. The average molecular weight is 286 g/mol. The molecule has 1 aromatic carbocycles. The standard InChI is InChI=1S/C10H8BrNO2S/c11-8-2-1-7(6-12)9(5-8)15-4-3-10(13)14/h1-2,5H,3-4H2,(H,13,14). The number of halogens is 1. The van der Waals surface area contributed by atoms with E-state index in [0.717, 1.165) is 9.37 Å². The SMILES string of the molecule is N#Cc1ccc(Br)cc1SCCC(=O)O. The molecule has 0 heterocycles. The van der Waals surface area contributed by atoms with E-state index in [1.54, 1.807) is 12.1 Å². The number of carboxylic acids is 1. The van der Waals surface area contributed by atoms with Crippen LogP contribution in [0.2, 0.25) is 0 Å². The van der Waals surface area contributed by atoms with E-state index in [-0.39, 0.29) is 6.42 Å². The molecular weight excluding hydrogens is 278 g/mol. The summed E-state index contributed by atoms with van der Waals surface area (Å²) in [5, 5.41) is 17.3. The predicted octanol–water partition coefficient (Wildman–Crippen LogP) is 2.89. The first-order chi connectivity index (χ1) is 7.13. The number of rotatable bonds is 4. The molecule has 0 unspecified atom stereocenters.